The van der Waals surface area contributed by atoms with Crippen molar-refractivity contribution in [1.29, 1.82) is 0 Å². The van der Waals surface area contributed by atoms with Crippen LogP contribution in [-0.4, -0.2) is 51.1 Å². The normalized spacial score (nSPS) is 19.2. The fraction of sp³-hybridized carbons (Fsp3) is 0.533. The number of fused-ring (bicyclic) bond motifs is 1. The van der Waals surface area contributed by atoms with Crippen LogP contribution in [0.1, 0.15) is 35.8 Å². The van der Waals surface area contributed by atoms with Crippen molar-refractivity contribution in [3.05, 3.63) is 29.7 Å². The van der Waals surface area contributed by atoms with Crippen LogP contribution in [-0.2, 0) is 0 Å². The van der Waals surface area contributed by atoms with E-state index in [-0.39, 0.29) is 5.91 Å². The SMILES string of the molecule is CCN1CCC[C@H]1CNC(=O)c1cnc2ccnn2c1C. The van der Waals surface area contributed by atoms with E-state index in [0.29, 0.717) is 18.2 Å². The first kappa shape index (κ1) is 14.0. The largest absolute Gasteiger partial charge is 0.350 e. The summed E-state index contributed by atoms with van der Waals surface area (Å²) in [5.74, 6) is -0.0691. The third-order valence-corrected chi connectivity index (χ3v) is 4.30. The number of likely N-dealkylation sites (N-methyl/N-ethyl adjacent to an activating group) is 1. The first-order chi connectivity index (χ1) is 10.2. The number of hydrogen-bond acceptors (Lipinski definition) is 4. The third-order valence-electron chi connectivity index (χ3n) is 4.30. The van der Waals surface area contributed by atoms with Crippen LogP contribution in [0.5, 0.6) is 0 Å². The average molecular weight is 287 g/mol. The number of likely N-dealkylation sites (tertiary alicyclic amines) is 1. The van der Waals surface area contributed by atoms with Gasteiger partial charge in [-0.15, -0.1) is 0 Å². The Hall–Kier alpha value is -1.95. The Morgan fingerprint density at radius 3 is 3.19 bits per heavy atom. The molecule has 0 unspecified atom stereocenters. The van der Waals surface area contributed by atoms with Gasteiger partial charge in [0.1, 0.15) is 0 Å². The highest BCUT2D eigenvalue weighted by atomic mass is 16.1. The molecule has 1 atom stereocenters. The average Bonchev–Trinajstić information content (AvgIpc) is 3.13. The molecule has 0 saturated carbocycles. The number of hydrogen-bond donors (Lipinski definition) is 1. The summed E-state index contributed by atoms with van der Waals surface area (Å²) in [5.41, 5.74) is 2.17. The van der Waals surface area contributed by atoms with Gasteiger partial charge in [0.2, 0.25) is 0 Å². The molecule has 0 radical (unpaired) electrons. The van der Waals surface area contributed by atoms with Gasteiger partial charge in [0, 0.05) is 24.8 Å². The number of aryl methyl sites for hydroxylation is 1. The van der Waals surface area contributed by atoms with Gasteiger partial charge in [-0.25, -0.2) is 9.50 Å². The van der Waals surface area contributed by atoms with E-state index in [0.717, 1.165) is 30.9 Å². The maximum Gasteiger partial charge on any atom is 0.254 e. The van der Waals surface area contributed by atoms with Gasteiger partial charge in [-0.2, -0.15) is 5.10 Å². The third kappa shape index (κ3) is 2.63. The Kier molecular flexibility index (Phi) is 3.88. The molecule has 21 heavy (non-hydrogen) atoms. The van der Waals surface area contributed by atoms with Crippen LogP contribution in [0.4, 0.5) is 0 Å². The lowest BCUT2D eigenvalue weighted by Crippen LogP contribution is -2.40. The van der Waals surface area contributed by atoms with E-state index in [1.807, 2.05) is 13.0 Å². The Balaban J connectivity index is 1.70. The summed E-state index contributed by atoms with van der Waals surface area (Å²) in [6.45, 7) is 6.94. The van der Waals surface area contributed by atoms with E-state index in [9.17, 15) is 4.79 Å². The Morgan fingerprint density at radius 1 is 1.52 bits per heavy atom. The summed E-state index contributed by atoms with van der Waals surface area (Å²) in [4.78, 5) is 19.1. The standard InChI is InChI=1S/C15H21N5O/c1-3-19-8-4-5-12(19)9-17-15(21)13-10-16-14-6-7-18-20(14)11(13)2/h6-7,10,12H,3-5,8-9H2,1-2H3,(H,17,21)/t12-/m0/s1. The predicted octanol–water partition coefficient (Wildman–Crippen LogP) is 1.25. The number of carbonyl (C=O) groups is 1. The lowest BCUT2D eigenvalue weighted by Gasteiger charge is -2.23. The number of rotatable bonds is 4. The minimum atomic E-state index is -0.0691. The number of aromatic nitrogens is 3. The summed E-state index contributed by atoms with van der Waals surface area (Å²) in [6.07, 6.45) is 5.69. The second-order valence-corrected chi connectivity index (χ2v) is 5.49. The number of amides is 1. The number of carbonyl (C=O) groups excluding carboxylic acids is 1. The molecule has 0 aliphatic carbocycles. The topological polar surface area (TPSA) is 62.5 Å². The van der Waals surface area contributed by atoms with E-state index in [4.69, 9.17) is 0 Å². The molecule has 1 N–H and O–H groups in total. The van der Waals surface area contributed by atoms with Crippen LogP contribution in [0.3, 0.4) is 0 Å². The Morgan fingerprint density at radius 2 is 2.38 bits per heavy atom. The van der Waals surface area contributed by atoms with E-state index in [1.54, 1.807) is 16.9 Å². The van der Waals surface area contributed by atoms with Gasteiger partial charge in [0.25, 0.3) is 5.91 Å². The second-order valence-electron chi connectivity index (χ2n) is 5.49. The molecule has 1 fully saturated rings. The zero-order valence-corrected chi connectivity index (χ0v) is 12.5. The highest BCUT2D eigenvalue weighted by Gasteiger charge is 2.23. The molecule has 112 valence electrons. The van der Waals surface area contributed by atoms with Crippen LogP contribution in [0.25, 0.3) is 5.65 Å². The van der Waals surface area contributed by atoms with E-state index >= 15 is 0 Å². The van der Waals surface area contributed by atoms with Gasteiger partial charge in [-0.1, -0.05) is 6.92 Å². The summed E-state index contributed by atoms with van der Waals surface area (Å²) in [6, 6.07) is 2.28. The smallest absolute Gasteiger partial charge is 0.254 e. The molecule has 3 rings (SSSR count). The minimum absolute atomic E-state index is 0.0691. The van der Waals surface area contributed by atoms with Crippen LogP contribution in [0, 0.1) is 6.92 Å². The molecule has 0 aromatic carbocycles. The molecule has 6 nitrogen and oxygen atoms in total. The quantitative estimate of drug-likeness (QED) is 0.919. The molecule has 3 heterocycles. The van der Waals surface area contributed by atoms with E-state index in [1.165, 1.54) is 6.42 Å². The number of nitrogens with zero attached hydrogens (tertiary/aromatic N) is 4. The summed E-state index contributed by atoms with van der Waals surface area (Å²) < 4.78 is 1.70. The molecular formula is C15H21N5O. The van der Waals surface area contributed by atoms with Crippen molar-refractivity contribution >= 4 is 11.6 Å². The molecule has 2 aromatic heterocycles. The second kappa shape index (κ2) is 5.81. The van der Waals surface area contributed by atoms with Gasteiger partial charge in [-0.05, 0) is 32.9 Å². The fourth-order valence-corrected chi connectivity index (χ4v) is 3.06. The number of nitrogens with one attached hydrogen (secondary N) is 1. The van der Waals surface area contributed by atoms with Crippen molar-refractivity contribution in [3.63, 3.8) is 0 Å². The zero-order valence-electron chi connectivity index (χ0n) is 12.5. The molecule has 0 spiro atoms. The van der Waals surface area contributed by atoms with Crippen LogP contribution in [0.15, 0.2) is 18.5 Å². The van der Waals surface area contributed by atoms with Crippen LogP contribution in [0.2, 0.25) is 0 Å². The van der Waals surface area contributed by atoms with Gasteiger partial charge in [0.15, 0.2) is 5.65 Å². The van der Waals surface area contributed by atoms with Crippen molar-refractivity contribution in [1.82, 2.24) is 24.8 Å². The van der Waals surface area contributed by atoms with Gasteiger partial charge >= 0.3 is 0 Å². The van der Waals surface area contributed by atoms with Gasteiger partial charge in [-0.3, -0.25) is 9.69 Å². The highest BCUT2D eigenvalue weighted by molar-refractivity contribution is 5.95. The molecule has 0 bridgehead atoms. The lowest BCUT2D eigenvalue weighted by atomic mass is 10.2. The predicted molar refractivity (Wildman–Crippen MR) is 80.3 cm³/mol. The first-order valence-electron chi connectivity index (χ1n) is 7.52. The molecule has 1 amide bonds. The van der Waals surface area contributed by atoms with E-state index < -0.39 is 0 Å². The Labute approximate surface area is 124 Å². The molecule has 2 aromatic rings. The Bertz CT molecular complexity index is 651. The van der Waals surface area contributed by atoms with Gasteiger partial charge in [0.05, 0.1) is 17.5 Å². The maximum atomic E-state index is 12.4. The summed E-state index contributed by atoms with van der Waals surface area (Å²) in [7, 11) is 0. The molecule has 6 heteroatoms. The monoisotopic (exact) mass is 287 g/mol. The maximum absolute atomic E-state index is 12.4. The van der Waals surface area contributed by atoms with Crippen molar-refractivity contribution in [2.75, 3.05) is 19.6 Å². The molecule has 1 aliphatic rings. The highest BCUT2D eigenvalue weighted by Crippen LogP contribution is 2.16. The van der Waals surface area contributed by atoms with Crippen molar-refractivity contribution in [3.8, 4) is 0 Å². The first-order valence-corrected chi connectivity index (χ1v) is 7.52. The summed E-state index contributed by atoms with van der Waals surface area (Å²) in [5, 5.41) is 7.23. The zero-order chi connectivity index (χ0) is 14.8. The molecule has 1 aliphatic heterocycles. The van der Waals surface area contributed by atoms with Crippen molar-refractivity contribution < 1.29 is 4.79 Å². The minimum Gasteiger partial charge on any atom is -0.350 e. The van der Waals surface area contributed by atoms with Crippen LogP contribution >= 0.6 is 0 Å². The molecule has 1 saturated heterocycles. The van der Waals surface area contributed by atoms with Crippen molar-refractivity contribution in [2.24, 2.45) is 0 Å². The lowest BCUT2D eigenvalue weighted by molar-refractivity contribution is 0.0939. The van der Waals surface area contributed by atoms with Crippen molar-refractivity contribution in [2.45, 2.75) is 32.7 Å². The fourth-order valence-electron chi connectivity index (χ4n) is 3.06. The van der Waals surface area contributed by atoms with Crippen LogP contribution < -0.4 is 5.32 Å². The molecular weight excluding hydrogens is 266 g/mol. The van der Waals surface area contributed by atoms with Gasteiger partial charge < -0.3 is 5.32 Å². The summed E-state index contributed by atoms with van der Waals surface area (Å²) >= 11 is 0. The van der Waals surface area contributed by atoms with E-state index in [2.05, 4.69) is 27.2 Å².